The van der Waals surface area contributed by atoms with Crippen LogP contribution in [0, 0.1) is 0 Å². The quantitative estimate of drug-likeness (QED) is 0.841. The fourth-order valence-electron chi connectivity index (χ4n) is 2.60. The number of likely N-dealkylation sites (N-methyl/N-ethyl adjacent to an activating group) is 2. The summed E-state index contributed by atoms with van der Waals surface area (Å²) in [5.41, 5.74) is 0.994. The lowest BCUT2D eigenvalue weighted by Crippen LogP contribution is -2.44. The van der Waals surface area contributed by atoms with Crippen molar-refractivity contribution in [1.82, 2.24) is 20.1 Å². The van der Waals surface area contributed by atoms with Gasteiger partial charge in [0.05, 0.1) is 12.6 Å². The first-order valence-corrected chi connectivity index (χ1v) is 8.39. The Morgan fingerprint density at radius 1 is 1.38 bits per heavy atom. The summed E-state index contributed by atoms with van der Waals surface area (Å²) in [5, 5.41) is 2.91. The Balaban J connectivity index is 1.82. The van der Waals surface area contributed by atoms with Gasteiger partial charge in [-0.1, -0.05) is 6.07 Å². The number of amides is 2. The lowest BCUT2D eigenvalue weighted by atomic mass is 10.2. The Morgan fingerprint density at radius 2 is 2.08 bits per heavy atom. The van der Waals surface area contributed by atoms with Gasteiger partial charge in [0.2, 0.25) is 0 Å². The minimum atomic E-state index is -0.109. The third kappa shape index (κ3) is 5.07. The number of nitrogens with zero attached hydrogens (tertiary/aromatic N) is 4. The number of ether oxygens (including phenoxy) is 1. The molecule has 2 rings (SSSR count). The van der Waals surface area contributed by atoms with Crippen molar-refractivity contribution in [2.75, 3.05) is 58.9 Å². The summed E-state index contributed by atoms with van der Waals surface area (Å²) >= 11 is 0. The molecule has 1 fully saturated rings. The minimum absolute atomic E-state index is 0.0349. The van der Waals surface area contributed by atoms with E-state index in [4.69, 9.17) is 4.74 Å². The van der Waals surface area contributed by atoms with Crippen LogP contribution in [-0.4, -0.2) is 80.8 Å². The van der Waals surface area contributed by atoms with E-state index >= 15 is 0 Å². The summed E-state index contributed by atoms with van der Waals surface area (Å²) in [6.07, 6.45) is 1.84. The summed E-state index contributed by atoms with van der Waals surface area (Å²) < 4.78 is 5.08. The van der Waals surface area contributed by atoms with Crippen molar-refractivity contribution < 1.29 is 9.53 Å². The highest BCUT2D eigenvalue weighted by Crippen LogP contribution is 2.13. The minimum Gasteiger partial charge on any atom is -0.383 e. The number of carbonyl (C=O) groups is 1. The van der Waals surface area contributed by atoms with E-state index in [1.54, 1.807) is 19.1 Å². The van der Waals surface area contributed by atoms with Gasteiger partial charge in [-0.05, 0) is 25.6 Å². The molecule has 0 saturated carbocycles. The van der Waals surface area contributed by atoms with Crippen LogP contribution in [0.5, 0.6) is 0 Å². The lowest BCUT2D eigenvalue weighted by Gasteiger charge is -2.33. The van der Waals surface area contributed by atoms with Crippen molar-refractivity contribution in [2.45, 2.75) is 19.5 Å². The summed E-state index contributed by atoms with van der Waals surface area (Å²) in [6, 6.07) is 3.99. The van der Waals surface area contributed by atoms with E-state index in [2.05, 4.69) is 27.1 Å². The van der Waals surface area contributed by atoms with Gasteiger partial charge in [-0.2, -0.15) is 0 Å². The van der Waals surface area contributed by atoms with Crippen LogP contribution in [0.4, 0.5) is 10.6 Å². The Hall–Kier alpha value is -1.86. The molecule has 1 N–H and O–H groups in total. The molecule has 1 aromatic rings. The number of aromatic nitrogens is 1. The highest BCUT2D eigenvalue weighted by molar-refractivity contribution is 5.74. The SMILES string of the molecule is COC[C@H](C)N(C)C(=O)NCc1ccc(N2CCN(C)CC2)nc1. The zero-order valence-electron chi connectivity index (χ0n) is 15.2. The van der Waals surface area contributed by atoms with Gasteiger partial charge in [0, 0.05) is 53.1 Å². The third-order valence-electron chi connectivity index (χ3n) is 4.47. The molecular formula is C17H29N5O2. The molecule has 1 aromatic heterocycles. The zero-order valence-corrected chi connectivity index (χ0v) is 15.2. The molecule has 0 aromatic carbocycles. The molecule has 1 saturated heterocycles. The Morgan fingerprint density at radius 3 is 2.67 bits per heavy atom. The Kier molecular flexibility index (Phi) is 6.81. The van der Waals surface area contributed by atoms with E-state index in [1.807, 2.05) is 25.3 Å². The first-order chi connectivity index (χ1) is 11.5. The largest absolute Gasteiger partial charge is 0.383 e. The second kappa shape index (κ2) is 8.84. The molecule has 2 heterocycles. The smallest absolute Gasteiger partial charge is 0.317 e. The first-order valence-electron chi connectivity index (χ1n) is 8.39. The molecule has 1 aliphatic rings. The summed E-state index contributed by atoms with van der Waals surface area (Å²) in [7, 11) is 5.55. The maximum atomic E-state index is 12.1. The average molecular weight is 335 g/mol. The van der Waals surface area contributed by atoms with Crippen molar-refractivity contribution in [3.05, 3.63) is 23.9 Å². The van der Waals surface area contributed by atoms with Gasteiger partial charge in [0.15, 0.2) is 0 Å². The van der Waals surface area contributed by atoms with Crippen LogP contribution in [0.3, 0.4) is 0 Å². The number of urea groups is 1. The molecule has 24 heavy (non-hydrogen) atoms. The molecule has 0 unspecified atom stereocenters. The second-order valence-corrected chi connectivity index (χ2v) is 6.39. The average Bonchev–Trinajstić information content (AvgIpc) is 2.60. The van der Waals surface area contributed by atoms with E-state index in [-0.39, 0.29) is 12.1 Å². The van der Waals surface area contributed by atoms with Crippen molar-refractivity contribution >= 4 is 11.8 Å². The molecule has 0 bridgehead atoms. The van der Waals surface area contributed by atoms with Crippen LogP contribution in [0.15, 0.2) is 18.3 Å². The van der Waals surface area contributed by atoms with Gasteiger partial charge in [0.25, 0.3) is 0 Å². The van der Waals surface area contributed by atoms with Crippen molar-refractivity contribution in [3.8, 4) is 0 Å². The van der Waals surface area contributed by atoms with Gasteiger partial charge in [-0.3, -0.25) is 0 Å². The van der Waals surface area contributed by atoms with Gasteiger partial charge >= 0.3 is 6.03 Å². The van der Waals surface area contributed by atoms with E-state index in [0.717, 1.165) is 37.6 Å². The number of nitrogens with one attached hydrogen (secondary N) is 1. The highest BCUT2D eigenvalue weighted by Gasteiger charge is 2.16. The summed E-state index contributed by atoms with van der Waals surface area (Å²) in [6.45, 7) is 7.07. The number of hydrogen-bond donors (Lipinski definition) is 1. The fourth-order valence-corrected chi connectivity index (χ4v) is 2.60. The number of rotatable bonds is 6. The summed E-state index contributed by atoms with van der Waals surface area (Å²) in [5.74, 6) is 1.00. The molecule has 7 nitrogen and oxygen atoms in total. The van der Waals surface area contributed by atoms with Gasteiger partial charge in [-0.25, -0.2) is 9.78 Å². The Labute approximate surface area is 144 Å². The lowest BCUT2D eigenvalue weighted by molar-refractivity contribution is 0.123. The molecule has 0 spiro atoms. The van der Waals surface area contributed by atoms with Crippen LogP contribution in [0.1, 0.15) is 12.5 Å². The number of carbonyl (C=O) groups excluding carboxylic acids is 1. The molecule has 0 aliphatic carbocycles. The van der Waals surface area contributed by atoms with E-state index in [1.165, 1.54) is 0 Å². The number of hydrogen-bond acceptors (Lipinski definition) is 5. The highest BCUT2D eigenvalue weighted by atomic mass is 16.5. The second-order valence-electron chi connectivity index (χ2n) is 6.39. The molecular weight excluding hydrogens is 306 g/mol. The van der Waals surface area contributed by atoms with Crippen molar-refractivity contribution in [2.24, 2.45) is 0 Å². The van der Waals surface area contributed by atoms with E-state index < -0.39 is 0 Å². The van der Waals surface area contributed by atoms with Crippen LogP contribution in [-0.2, 0) is 11.3 Å². The molecule has 7 heteroatoms. The maximum absolute atomic E-state index is 12.1. The molecule has 2 amide bonds. The topological polar surface area (TPSA) is 60.9 Å². The summed E-state index contributed by atoms with van der Waals surface area (Å²) in [4.78, 5) is 22.9. The van der Waals surface area contributed by atoms with Crippen molar-refractivity contribution in [3.63, 3.8) is 0 Å². The predicted molar refractivity (Wildman–Crippen MR) is 95.3 cm³/mol. The van der Waals surface area contributed by atoms with Crippen LogP contribution >= 0.6 is 0 Å². The van der Waals surface area contributed by atoms with Gasteiger partial charge in [-0.15, -0.1) is 0 Å². The van der Waals surface area contributed by atoms with Crippen LogP contribution in [0.25, 0.3) is 0 Å². The fraction of sp³-hybridized carbons (Fsp3) is 0.647. The van der Waals surface area contributed by atoms with Crippen LogP contribution < -0.4 is 10.2 Å². The molecule has 1 aliphatic heterocycles. The van der Waals surface area contributed by atoms with Crippen LogP contribution in [0.2, 0.25) is 0 Å². The number of methoxy groups -OCH3 is 1. The van der Waals surface area contributed by atoms with Crippen molar-refractivity contribution in [1.29, 1.82) is 0 Å². The van der Waals surface area contributed by atoms with Gasteiger partial charge < -0.3 is 24.8 Å². The number of pyridine rings is 1. The standard InChI is InChI=1S/C17H29N5O2/c1-14(13-24-4)21(3)17(23)19-12-15-5-6-16(18-11-15)22-9-7-20(2)8-10-22/h5-6,11,14H,7-10,12-13H2,1-4H3,(H,19,23)/t14-/m0/s1. The van der Waals surface area contributed by atoms with E-state index in [0.29, 0.717) is 13.2 Å². The number of anilines is 1. The van der Waals surface area contributed by atoms with Gasteiger partial charge in [0.1, 0.15) is 5.82 Å². The maximum Gasteiger partial charge on any atom is 0.317 e. The molecule has 1 atom stereocenters. The Bertz CT molecular complexity index is 514. The molecule has 134 valence electrons. The third-order valence-corrected chi connectivity index (χ3v) is 4.47. The zero-order chi connectivity index (χ0) is 17.5. The van der Waals surface area contributed by atoms with E-state index in [9.17, 15) is 4.79 Å². The number of piperazine rings is 1. The normalized spacial score (nSPS) is 16.8. The predicted octanol–water partition coefficient (Wildman–Crippen LogP) is 1.01. The first kappa shape index (κ1) is 18.5. The monoisotopic (exact) mass is 335 g/mol. The molecule has 0 radical (unpaired) electrons.